The highest BCUT2D eigenvalue weighted by molar-refractivity contribution is 5.87. The third kappa shape index (κ3) is 2.80. The molecule has 0 spiro atoms. The van der Waals surface area contributed by atoms with Gasteiger partial charge in [0.15, 0.2) is 0 Å². The Morgan fingerprint density at radius 1 is 1.04 bits per heavy atom. The Morgan fingerprint density at radius 2 is 1.79 bits per heavy atom. The molecule has 5 fully saturated rings. The number of carbonyl (C=O) groups excluding carboxylic acids is 1. The lowest BCUT2D eigenvalue weighted by molar-refractivity contribution is -0.135. The lowest BCUT2D eigenvalue weighted by Gasteiger charge is -2.61. The van der Waals surface area contributed by atoms with Gasteiger partial charge in [0.25, 0.3) is 0 Å². The van der Waals surface area contributed by atoms with Gasteiger partial charge in [-0.3, -0.25) is 4.79 Å². The van der Waals surface area contributed by atoms with Crippen LogP contribution in [0.3, 0.4) is 0 Å². The van der Waals surface area contributed by atoms with Crippen LogP contribution >= 0.6 is 0 Å². The Labute approximate surface area is 172 Å². The first kappa shape index (κ1) is 19.3. The SMILES string of the molecule is C=C1CC2C[C@@H](CCC3CN(C)C3)CC[C@]2(C)C2CC[C@]3(C)C(=O)CCC3C12. The summed E-state index contributed by atoms with van der Waals surface area (Å²) in [6.45, 7) is 12.2. The molecule has 1 heterocycles. The van der Waals surface area contributed by atoms with E-state index in [0.29, 0.717) is 23.0 Å². The minimum absolute atomic E-state index is 0.0273. The number of carbonyl (C=O) groups is 1. The molecule has 2 heteroatoms. The number of hydrogen-bond acceptors (Lipinski definition) is 2. The van der Waals surface area contributed by atoms with Crippen LogP contribution in [0.15, 0.2) is 12.2 Å². The smallest absolute Gasteiger partial charge is 0.139 e. The van der Waals surface area contributed by atoms with Gasteiger partial charge in [0.1, 0.15) is 5.78 Å². The van der Waals surface area contributed by atoms with Crippen molar-refractivity contribution in [2.45, 2.75) is 78.1 Å². The molecular weight excluding hydrogens is 342 g/mol. The quantitative estimate of drug-likeness (QED) is 0.581. The molecule has 0 N–H and O–H groups in total. The fourth-order valence-electron chi connectivity index (χ4n) is 8.73. The Bertz CT molecular complexity index is 663. The van der Waals surface area contributed by atoms with E-state index < -0.39 is 0 Å². The van der Waals surface area contributed by atoms with Gasteiger partial charge in [0, 0.05) is 24.9 Å². The van der Waals surface area contributed by atoms with Crippen LogP contribution in [0.25, 0.3) is 0 Å². The zero-order valence-corrected chi connectivity index (χ0v) is 18.5. The van der Waals surface area contributed by atoms with E-state index in [1.54, 1.807) is 0 Å². The van der Waals surface area contributed by atoms with Crippen molar-refractivity contribution in [3.05, 3.63) is 12.2 Å². The van der Waals surface area contributed by atoms with E-state index in [9.17, 15) is 4.79 Å². The number of nitrogens with zero attached hydrogens (tertiary/aromatic N) is 1. The van der Waals surface area contributed by atoms with Crippen molar-refractivity contribution in [3.63, 3.8) is 0 Å². The molecule has 0 aromatic rings. The molecule has 156 valence electrons. The lowest BCUT2D eigenvalue weighted by atomic mass is 9.43. The molecule has 28 heavy (non-hydrogen) atoms. The number of allylic oxidation sites excluding steroid dienone is 1. The first-order valence-corrected chi connectivity index (χ1v) is 12.2. The van der Waals surface area contributed by atoms with Crippen LogP contribution in [0, 0.1) is 46.3 Å². The Kier molecular flexibility index (Phi) is 4.62. The zero-order chi connectivity index (χ0) is 19.7. The second kappa shape index (κ2) is 6.69. The van der Waals surface area contributed by atoms with Crippen LogP contribution in [0.1, 0.15) is 78.1 Å². The average Bonchev–Trinajstić information content (AvgIpc) is 2.94. The van der Waals surface area contributed by atoms with Crippen molar-refractivity contribution >= 4 is 5.78 Å². The standard InChI is InChI=1S/C26H41NO/c1-17-13-20-14-18(5-6-19-15-27(4)16-19)9-11-25(20,2)22-10-12-26(3)21(24(17)22)7-8-23(26)28/h18-22,24H,1,5-16H2,2-4H3/t18-,20?,21?,22?,24?,25-,26-/m0/s1. The Balaban J connectivity index is 1.29. The molecule has 1 aliphatic heterocycles. The second-order valence-electron chi connectivity index (χ2n) is 12.0. The summed E-state index contributed by atoms with van der Waals surface area (Å²) in [7, 11) is 2.25. The maximum Gasteiger partial charge on any atom is 0.139 e. The maximum absolute atomic E-state index is 12.7. The molecule has 0 aromatic carbocycles. The largest absolute Gasteiger partial charge is 0.306 e. The molecule has 4 saturated carbocycles. The van der Waals surface area contributed by atoms with Gasteiger partial charge >= 0.3 is 0 Å². The summed E-state index contributed by atoms with van der Waals surface area (Å²) in [4.78, 5) is 15.1. The molecule has 5 aliphatic rings. The summed E-state index contributed by atoms with van der Waals surface area (Å²) in [6.07, 6.45) is 12.9. The van der Waals surface area contributed by atoms with Gasteiger partial charge in [-0.15, -0.1) is 0 Å². The number of likely N-dealkylation sites (tertiary alicyclic amines) is 1. The van der Waals surface area contributed by atoms with E-state index in [-0.39, 0.29) is 5.41 Å². The Hall–Kier alpha value is -0.630. The highest BCUT2D eigenvalue weighted by Crippen LogP contribution is 2.67. The normalized spacial score (nSPS) is 49.3. The van der Waals surface area contributed by atoms with Gasteiger partial charge in [0.2, 0.25) is 0 Å². The summed E-state index contributed by atoms with van der Waals surface area (Å²) < 4.78 is 0. The number of fused-ring (bicyclic) bond motifs is 5. The van der Waals surface area contributed by atoms with Crippen LogP contribution in [0.2, 0.25) is 0 Å². The van der Waals surface area contributed by atoms with E-state index >= 15 is 0 Å². The first-order chi connectivity index (χ1) is 13.3. The van der Waals surface area contributed by atoms with Crippen molar-refractivity contribution in [2.75, 3.05) is 20.1 Å². The summed E-state index contributed by atoms with van der Waals surface area (Å²) in [5.41, 5.74) is 2.01. The van der Waals surface area contributed by atoms with Crippen LogP contribution in [0.4, 0.5) is 0 Å². The van der Waals surface area contributed by atoms with Crippen molar-refractivity contribution in [3.8, 4) is 0 Å². The maximum atomic E-state index is 12.7. The minimum atomic E-state index is -0.0273. The van der Waals surface area contributed by atoms with Crippen LogP contribution < -0.4 is 0 Å². The highest BCUT2D eigenvalue weighted by Gasteiger charge is 2.61. The van der Waals surface area contributed by atoms with Gasteiger partial charge in [-0.25, -0.2) is 0 Å². The van der Waals surface area contributed by atoms with Crippen molar-refractivity contribution in [1.82, 2.24) is 4.90 Å². The summed E-state index contributed by atoms with van der Waals surface area (Å²) in [5.74, 6) is 5.36. The van der Waals surface area contributed by atoms with E-state index in [2.05, 4.69) is 32.4 Å². The molecule has 0 amide bonds. The van der Waals surface area contributed by atoms with Gasteiger partial charge in [-0.1, -0.05) is 32.4 Å². The third-order valence-corrected chi connectivity index (χ3v) is 10.6. The average molecular weight is 384 g/mol. The van der Waals surface area contributed by atoms with Gasteiger partial charge in [-0.2, -0.15) is 0 Å². The number of ketones is 1. The minimum Gasteiger partial charge on any atom is -0.306 e. The molecule has 1 saturated heterocycles. The fraction of sp³-hybridized carbons (Fsp3) is 0.885. The number of hydrogen-bond donors (Lipinski definition) is 0. The number of Topliss-reactive ketones (excluding diaryl/α,β-unsaturated/α-hetero) is 1. The summed E-state index contributed by atoms with van der Waals surface area (Å²) in [5, 5.41) is 0. The lowest BCUT2D eigenvalue weighted by Crippen LogP contribution is -2.54. The molecule has 2 nitrogen and oxygen atoms in total. The predicted molar refractivity (Wildman–Crippen MR) is 115 cm³/mol. The molecule has 0 aromatic heterocycles. The molecule has 4 aliphatic carbocycles. The van der Waals surface area contributed by atoms with Gasteiger partial charge in [0.05, 0.1) is 0 Å². The second-order valence-corrected chi connectivity index (χ2v) is 12.0. The third-order valence-electron chi connectivity index (χ3n) is 10.6. The zero-order valence-electron chi connectivity index (χ0n) is 18.5. The van der Waals surface area contributed by atoms with Crippen LogP contribution in [-0.4, -0.2) is 30.8 Å². The molecule has 5 rings (SSSR count). The highest BCUT2D eigenvalue weighted by atomic mass is 16.1. The van der Waals surface area contributed by atoms with Crippen molar-refractivity contribution in [2.24, 2.45) is 46.3 Å². The fourth-order valence-corrected chi connectivity index (χ4v) is 8.73. The van der Waals surface area contributed by atoms with Crippen molar-refractivity contribution in [1.29, 1.82) is 0 Å². The Morgan fingerprint density at radius 3 is 2.54 bits per heavy atom. The van der Waals surface area contributed by atoms with Crippen molar-refractivity contribution < 1.29 is 4.79 Å². The van der Waals surface area contributed by atoms with Crippen LogP contribution in [0.5, 0.6) is 0 Å². The first-order valence-electron chi connectivity index (χ1n) is 12.2. The van der Waals surface area contributed by atoms with Gasteiger partial charge < -0.3 is 4.90 Å². The molecule has 0 bridgehead atoms. The van der Waals surface area contributed by atoms with E-state index in [0.717, 1.165) is 42.9 Å². The van der Waals surface area contributed by atoms with E-state index in [1.165, 1.54) is 63.6 Å². The summed E-state index contributed by atoms with van der Waals surface area (Å²) in [6, 6.07) is 0. The van der Waals surface area contributed by atoms with E-state index in [4.69, 9.17) is 0 Å². The van der Waals surface area contributed by atoms with Gasteiger partial charge in [-0.05, 0) is 99.3 Å². The van der Waals surface area contributed by atoms with E-state index in [1.807, 2.05) is 0 Å². The number of rotatable bonds is 3. The van der Waals surface area contributed by atoms with Crippen LogP contribution in [-0.2, 0) is 4.79 Å². The molecular formula is C26H41NO. The summed E-state index contributed by atoms with van der Waals surface area (Å²) >= 11 is 0. The molecule has 7 atom stereocenters. The topological polar surface area (TPSA) is 20.3 Å². The monoisotopic (exact) mass is 383 g/mol. The molecule has 4 unspecified atom stereocenters. The predicted octanol–water partition coefficient (Wildman–Crippen LogP) is 5.72. The molecule has 0 radical (unpaired) electrons.